The Labute approximate surface area is 170 Å². The van der Waals surface area contributed by atoms with Gasteiger partial charge in [-0.25, -0.2) is 0 Å². The number of halogens is 1. The van der Waals surface area contributed by atoms with E-state index in [0.717, 1.165) is 19.8 Å². The molecule has 3 rings (SSSR count). The van der Waals surface area contributed by atoms with Crippen LogP contribution in [0, 0.1) is 0 Å². The molecule has 1 amide bonds. The van der Waals surface area contributed by atoms with Crippen LogP contribution >= 0.6 is 52.1 Å². The molecule has 1 saturated heterocycles. The van der Waals surface area contributed by atoms with Crippen LogP contribution in [-0.2, 0) is 5.54 Å². The Morgan fingerprint density at radius 1 is 1.12 bits per heavy atom. The van der Waals surface area contributed by atoms with Crippen molar-refractivity contribution in [1.82, 2.24) is 10.2 Å². The van der Waals surface area contributed by atoms with Gasteiger partial charge in [0.05, 0.1) is 4.20 Å². The van der Waals surface area contributed by atoms with Crippen molar-refractivity contribution in [3.63, 3.8) is 0 Å². The minimum absolute atomic E-state index is 0.0506. The summed E-state index contributed by atoms with van der Waals surface area (Å²) >= 11 is 16.0. The average Bonchev–Trinajstić information content (AvgIpc) is 2.89. The molecule has 1 N–H and O–H groups in total. The summed E-state index contributed by atoms with van der Waals surface area (Å²) in [7, 11) is 3.48. The molecule has 1 fully saturated rings. The highest BCUT2D eigenvalue weighted by molar-refractivity contribution is 9.10. The first-order chi connectivity index (χ1) is 11.8. The van der Waals surface area contributed by atoms with E-state index in [0.29, 0.717) is 9.88 Å². The highest BCUT2D eigenvalue weighted by Crippen LogP contribution is 2.42. The topological polar surface area (TPSA) is 32.3 Å². The number of nitrogens with one attached hydrogen (secondary N) is 1. The van der Waals surface area contributed by atoms with Gasteiger partial charge in [-0.1, -0.05) is 76.4 Å². The number of benzene rings is 2. The number of rotatable bonds is 3. The second kappa shape index (κ2) is 7.15. The van der Waals surface area contributed by atoms with Crippen molar-refractivity contribution in [1.29, 1.82) is 0 Å². The lowest BCUT2D eigenvalue weighted by atomic mass is 9.83. The number of amides is 1. The van der Waals surface area contributed by atoms with E-state index in [-0.39, 0.29) is 5.91 Å². The quantitative estimate of drug-likeness (QED) is 0.702. The first-order valence-corrected chi connectivity index (χ1v) is 9.90. The number of hydrogen-bond acceptors (Lipinski definition) is 4. The van der Waals surface area contributed by atoms with Crippen LogP contribution in [-0.4, -0.2) is 33.4 Å². The number of nitrogens with zero attached hydrogens (tertiary/aromatic N) is 1. The summed E-state index contributed by atoms with van der Waals surface area (Å²) in [6.45, 7) is 0. The summed E-state index contributed by atoms with van der Waals surface area (Å²) in [6, 6.07) is 15.5. The van der Waals surface area contributed by atoms with Gasteiger partial charge < -0.3 is 10.2 Å². The highest BCUT2D eigenvalue weighted by atomic mass is 79.9. The first kappa shape index (κ1) is 18.5. The molecule has 25 heavy (non-hydrogen) atoms. The predicted octanol–water partition coefficient (Wildman–Crippen LogP) is 4.34. The third kappa shape index (κ3) is 3.38. The van der Waals surface area contributed by atoms with Crippen LogP contribution in [0.25, 0.3) is 0 Å². The maximum atomic E-state index is 12.4. The molecule has 0 radical (unpaired) electrons. The molecule has 3 nitrogen and oxygen atoms in total. The van der Waals surface area contributed by atoms with Gasteiger partial charge in [-0.3, -0.25) is 4.79 Å². The normalized spacial score (nSPS) is 19.6. The van der Waals surface area contributed by atoms with E-state index >= 15 is 0 Å². The fourth-order valence-electron chi connectivity index (χ4n) is 2.80. The molecule has 2 aromatic carbocycles. The minimum Gasteiger partial charge on any atom is -0.352 e. The van der Waals surface area contributed by atoms with Gasteiger partial charge in [0.1, 0.15) is 9.86 Å². The standard InChI is InChI=1S/C18H15BrN2OS3/c1-21(2)15(22)11-5-3-6-12(9-11)18(16(23)25-17(24)20-18)13-7-4-8-14(19)10-13/h3-10H,1-2H3,(H,20,24). The third-order valence-corrected chi connectivity index (χ3v) is 6.17. The van der Waals surface area contributed by atoms with Gasteiger partial charge >= 0.3 is 0 Å². The summed E-state index contributed by atoms with van der Waals surface area (Å²) in [6.07, 6.45) is 0. The van der Waals surface area contributed by atoms with Gasteiger partial charge in [0.25, 0.3) is 5.91 Å². The Balaban J connectivity index is 2.21. The van der Waals surface area contributed by atoms with E-state index in [9.17, 15) is 4.79 Å². The van der Waals surface area contributed by atoms with Crippen LogP contribution in [0.4, 0.5) is 0 Å². The first-order valence-electron chi connectivity index (χ1n) is 7.47. The van der Waals surface area contributed by atoms with E-state index in [1.807, 2.05) is 48.5 Å². The predicted molar refractivity (Wildman–Crippen MR) is 115 cm³/mol. The number of thioether (sulfide) groups is 1. The molecule has 128 valence electrons. The molecule has 1 aliphatic heterocycles. The van der Waals surface area contributed by atoms with E-state index in [1.54, 1.807) is 19.0 Å². The Kier molecular flexibility index (Phi) is 5.29. The number of carbonyl (C=O) groups is 1. The van der Waals surface area contributed by atoms with E-state index in [1.165, 1.54) is 11.8 Å². The largest absolute Gasteiger partial charge is 0.352 e. The van der Waals surface area contributed by atoms with Crippen LogP contribution in [0.15, 0.2) is 53.0 Å². The SMILES string of the molecule is CN(C)C(=O)c1cccc(C2(c3cccc(Br)c3)NC(=S)SC2=S)c1. The molecule has 1 atom stereocenters. The second-order valence-corrected chi connectivity index (χ2v) is 9.11. The summed E-state index contributed by atoms with van der Waals surface area (Å²) in [4.78, 5) is 13.9. The second-order valence-electron chi connectivity index (χ2n) is 5.84. The zero-order valence-corrected chi connectivity index (χ0v) is 17.6. The zero-order chi connectivity index (χ0) is 18.2. The van der Waals surface area contributed by atoms with Crippen LogP contribution in [0.3, 0.4) is 0 Å². The van der Waals surface area contributed by atoms with Crippen LogP contribution in [0.2, 0.25) is 0 Å². The van der Waals surface area contributed by atoms with Crippen molar-refractivity contribution in [2.24, 2.45) is 0 Å². The van der Waals surface area contributed by atoms with Crippen molar-refractivity contribution < 1.29 is 4.79 Å². The van der Waals surface area contributed by atoms with Gasteiger partial charge in [0.2, 0.25) is 0 Å². The summed E-state index contributed by atoms with van der Waals surface area (Å²) in [5.74, 6) is -0.0506. The molecule has 0 bridgehead atoms. The van der Waals surface area contributed by atoms with Gasteiger partial charge in [0.15, 0.2) is 0 Å². The molecular weight excluding hydrogens is 436 g/mol. The van der Waals surface area contributed by atoms with E-state index in [4.69, 9.17) is 24.4 Å². The van der Waals surface area contributed by atoms with Gasteiger partial charge in [-0.15, -0.1) is 0 Å². The monoisotopic (exact) mass is 450 g/mol. The Morgan fingerprint density at radius 2 is 1.76 bits per heavy atom. The maximum absolute atomic E-state index is 12.4. The summed E-state index contributed by atoms with van der Waals surface area (Å²) < 4.78 is 2.32. The van der Waals surface area contributed by atoms with Crippen LogP contribution in [0.1, 0.15) is 21.5 Å². The van der Waals surface area contributed by atoms with Crippen LogP contribution < -0.4 is 5.32 Å². The lowest BCUT2D eigenvalue weighted by Gasteiger charge is -2.31. The number of carbonyl (C=O) groups excluding carboxylic acids is 1. The smallest absolute Gasteiger partial charge is 0.253 e. The van der Waals surface area contributed by atoms with Crippen molar-refractivity contribution in [3.05, 3.63) is 69.7 Å². The Morgan fingerprint density at radius 3 is 2.32 bits per heavy atom. The molecule has 0 aromatic heterocycles. The van der Waals surface area contributed by atoms with Crippen molar-refractivity contribution >= 4 is 66.6 Å². The average molecular weight is 451 g/mol. The molecule has 0 saturated carbocycles. The van der Waals surface area contributed by atoms with Gasteiger partial charge in [-0.05, 0) is 35.4 Å². The molecule has 1 heterocycles. The Bertz CT molecular complexity index is 884. The Hall–Kier alpha value is -1.28. The van der Waals surface area contributed by atoms with Crippen molar-refractivity contribution in [3.8, 4) is 0 Å². The third-order valence-electron chi connectivity index (χ3n) is 3.99. The zero-order valence-electron chi connectivity index (χ0n) is 13.6. The molecule has 2 aromatic rings. The summed E-state index contributed by atoms with van der Waals surface area (Å²) in [5, 5.41) is 3.38. The van der Waals surface area contributed by atoms with E-state index < -0.39 is 5.54 Å². The van der Waals surface area contributed by atoms with Crippen LogP contribution in [0.5, 0.6) is 0 Å². The number of hydrogen-bond donors (Lipinski definition) is 1. The fourth-order valence-corrected chi connectivity index (χ4v) is 5.11. The van der Waals surface area contributed by atoms with Crippen molar-refractivity contribution in [2.45, 2.75) is 5.54 Å². The molecule has 1 aliphatic rings. The summed E-state index contributed by atoms with van der Waals surface area (Å²) in [5.41, 5.74) is 1.76. The van der Waals surface area contributed by atoms with E-state index in [2.05, 4.69) is 21.2 Å². The molecule has 0 aliphatic carbocycles. The molecular formula is C18H15BrN2OS3. The molecule has 7 heteroatoms. The lowest BCUT2D eigenvalue weighted by Crippen LogP contribution is -2.43. The fraction of sp³-hybridized carbons (Fsp3) is 0.167. The maximum Gasteiger partial charge on any atom is 0.253 e. The molecule has 1 unspecified atom stereocenters. The lowest BCUT2D eigenvalue weighted by molar-refractivity contribution is 0.0827. The van der Waals surface area contributed by atoms with Gasteiger partial charge in [0, 0.05) is 24.1 Å². The number of thiocarbonyl (C=S) groups is 2. The highest BCUT2D eigenvalue weighted by Gasteiger charge is 2.45. The van der Waals surface area contributed by atoms with Crippen molar-refractivity contribution in [2.75, 3.05) is 14.1 Å². The minimum atomic E-state index is -0.733. The van der Waals surface area contributed by atoms with Gasteiger partial charge in [-0.2, -0.15) is 0 Å². The molecule has 0 spiro atoms.